The molecule has 0 aliphatic rings. The summed E-state index contributed by atoms with van der Waals surface area (Å²) >= 11 is 4.38. The molecule has 0 aromatic carbocycles. The zero-order valence-electron chi connectivity index (χ0n) is 11.1. The average Bonchev–Trinajstić information content (AvgIpc) is 2.37. The molecule has 1 rings (SSSR count). The summed E-state index contributed by atoms with van der Waals surface area (Å²) in [5, 5.41) is 0. The number of pyridine rings is 1. The van der Waals surface area contributed by atoms with Gasteiger partial charge < -0.3 is 0 Å². The van der Waals surface area contributed by atoms with Gasteiger partial charge in [-0.15, -0.1) is 11.7 Å². The molecule has 0 fully saturated rings. The SMILES string of the molecule is CCCC[SH](S)CCCS(=O)(=O)O.c1ccncc1. The third-order valence-corrected chi connectivity index (χ3v) is 5.82. The van der Waals surface area contributed by atoms with E-state index >= 15 is 0 Å². The van der Waals surface area contributed by atoms with Crippen LogP contribution >= 0.6 is 21.6 Å². The lowest BCUT2D eigenvalue weighted by Crippen LogP contribution is -2.05. The molecule has 112 valence electrons. The van der Waals surface area contributed by atoms with Gasteiger partial charge in [0, 0.05) is 12.4 Å². The second-order valence-electron chi connectivity index (χ2n) is 3.97. The molecular formula is C12H23NO3S3. The van der Waals surface area contributed by atoms with Crippen molar-refractivity contribution in [3.05, 3.63) is 30.6 Å². The summed E-state index contributed by atoms with van der Waals surface area (Å²) in [5.41, 5.74) is 0. The molecule has 1 aromatic heterocycles. The Bertz CT molecular complexity index is 371. The zero-order valence-corrected chi connectivity index (χ0v) is 13.7. The molecule has 0 bridgehead atoms. The van der Waals surface area contributed by atoms with Gasteiger partial charge in [-0.1, -0.05) is 19.4 Å². The van der Waals surface area contributed by atoms with E-state index in [0.717, 1.165) is 24.3 Å². The predicted molar refractivity (Wildman–Crippen MR) is 87.9 cm³/mol. The van der Waals surface area contributed by atoms with Crippen LogP contribution in [0.5, 0.6) is 0 Å². The van der Waals surface area contributed by atoms with Gasteiger partial charge in [0.05, 0.1) is 5.75 Å². The van der Waals surface area contributed by atoms with E-state index in [1.165, 1.54) is 0 Å². The van der Waals surface area contributed by atoms with Crippen molar-refractivity contribution in [3.8, 4) is 0 Å². The number of rotatable bonds is 7. The molecule has 0 spiro atoms. The van der Waals surface area contributed by atoms with E-state index in [1.807, 2.05) is 18.2 Å². The number of thiol groups is 2. The number of hydrogen-bond acceptors (Lipinski definition) is 4. The van der Waals surface area contributed by atoms with Gasteiger partial charge in [-0.25, -0.2) is 9.93 Å². The van der Waals surface area contributed by atoms with Crippen LogP contribution in [0.3, 0.4) is 0 Å². The number of aromatic nitrogens is 1. The molecule has 0 saturated heterocycles. The summed E-state index contributed by atoms with van der Waals surface area (Å²) in [7, 11) is -4.08. The normalized spacial score (nSPS) is 13.3. The highest BCUT2D eigenvalue weighted by atomic mass is 33.1. The topological polar surface area (TPSA) is 67.3 Å². The summed E-state index contributed by atoms with van der Waals surface area (Å²) in [6.45, 7) is 2.12. The van der Waals surface area contributed by atoms with Gasteiger partial charge in [0.1, 0.15) is 0 Å². The minimum absolute atomic E-state index is 0.126. The first-order valence-corrected chi connectivity index (χ1v) is 10.7. The van der Waals surface area contributed by atoms with Crippen LogP contribution in [-0.4, -0.2) is 35.2 Å². The molecule has 0 amide bonds. The maximum Gasteiger partial charge on any atom is 0.264 e. The third kappa shape index (κ3) is 15.7. The Balaban J connectivity index is 0.000000443. The fourth-order valence-electron chi connectivity index (χ4n) is 1.19. The highest BCUT2D eigenvalue weighted by molar-refractivity contribution is 8.78. The first-order chi connectivity index (χ1) is 8.95. The maximum absolute atomic E-state index is 10.4. The van der Waals surface area contributed by atoms with Crippen LogP contribution in [0.1, 0.15) is 26.2 Å². The van der Waals surface area contributed by atoms with Crippen LogP contribution in [0.25, 0.3) is 0 Å². The molecule has 1 heterocycles. The molecule has 1 N–H and O–H groups in total. The van der Waals surface area contributed by atoms with Crippen molar-refractivity contribution in [3.63, 3.8) is 0 Å². The Kier molecular flexibility index (Phi) is 11.4. The Morgan fingerprint density at radius 2 is 1.74 bits per heavy atom. The molecule has 1 atom stereocenters. The van der Waals surface area contributed by atoms with E-state index in [-0.39, 0.29) is 15.7 Å². The third-order valence-electron chi connectivity index (χ3n) is 2.15. The molecule has 1 aromatic rings. The van der Waals surface area contributed by atoms with Crippen LogP contribution in [-0.2, 0) is 10.1 Å². The summed E-state index contributed by atoms with van der Waals surface area (Å²) < 4.78 is 29.2. The van der Waals surface area contributed by atoms with Gasteiger partial charge >= 0.3 is 0 Å². The van der Waals surface area contributed by atoms with E-state index in [1.54, 1.807) is 12.4 Å². The largest absolute Gasteiger partial charge is 0.286 e. The number of hydrogen-bond donors (Lipinski definition) is 3. The summed E-state index contributed by atoms with van der Waals surface area (Å²) in [6, 6.07) is 5.72. The average molecular weight is 326 g/mol. The monoisotopic (exact) mass is 325 g/mol. The first-order valence-electron chi connectivity index (χ1n) is 6.19. The predicted octanol–water partition coefficient (Wildman–Crippen LogP) is 2.99. The first kappa shape index (κ1) is 18.8. The van der Waals surface area contributed by atoms with Gasteiger partial charge in [-0.2, -0.15) is 8.42 Å². The summed E-state index contributed by atoms with van der Waals surface area (Å²) in [6.07, 6.45) is 6.33. The van der Waals surface area contributed by atoms with Crippen molar-refractivity contribution in [2.45, 2.75) is 26.2 Å². The Morgan fingerprint density at radius 3 is 2.11 bits per heavy atom. The molecule has 0 aliphatic carbocycles. The maximum atomic E-state index is 10.4. The smallest absolute Gasteiger partial charge is 0.264 e. The lowest BCUT2D eigenvalue weighted by Gasteiger charge is -2.13. The molecule has 0 aliphatic heterocycles. The van der Waals surface area contributed by atoms with Crippen LogP contribution in [0.4, 0.5) is 0 Å². The van der Waals surface area contributed by atoms with Crippen molar-refractivity contribution in [1.82, 2.24) is 4.98 Å². The Morgan fingerprint density at radius 1 is 1.16 bits per heavy atom. The van der Waals surface area contributed by atoms with Crippen LogP contribution < -0.4 is 0 Å². The van der Waals surface area contributed by atoms with Gasteiger partial charge in [-0.3, -0.25) is 9.54 Å². The lowest BCUT2D eigenvalue weighted by atomic mass is 10.4. The molecular weight excluding hydrogens is 302 g/mol. The second kappa shape index (κ2) is 11.6. The molecule has 19 heavy (non-hydrogen) atoms. The minimum Gasteiger partial charge on any atom is -0.286 e. The van der Waals surface area contributed by atoms with E-state index in [4.69, 9.17) is 4.55 Å². The molecule has 1 unspecified atom stereocenters. The van der Waals surface area contributed by atoms with Gasteiger partial charge in [0.25, 0.3) is 10.1 Å². The van der Waals surface area contributed by atoms with Gasteiger partial charge in [0.2, 0.25) is 0 Å². The van der Waals surface area contributed by atoms with Crippen molar-refractivity contribution in [1.29, 1.82) is 0 Å². The second-order valence-corrected chi connectivity index (χ2v) is 9.15. The quantitative estimate of drug-likeness (QED) is 0.409. The zero-order chi connectivity index (χ0) is 14.6. The van der Waals surface area contributed by atoms with Gasteiger partial charge in [-0.05, 0) is 36.5 Å². The van der Waals surface area contributed by atoms with Crippen LogP contribution in [0.15, 0.2) is 30.6 Å². The van der Waals surface area contributed by atoms with Crippen molar-refractivity contribution >= 4 is 31.7 Å². The standard InChI is InChI=1S/C7H18O3S3.C5H5N/c1-2-3-5-12(11)6-4-7-13(8,9)10;1-2-4-6-5-3-1/h11-12H,2-7H2,1H3,(H,8,9,10);1-5H. The van der Waals surface area contributed by atoms with Crippen molar-refractivity contribution < 1.29 is 13.0 Å². The molecule has 4 nitrogen and oxygen atoms in total. The summed E-state index contributed by atoms with van der Waals surface area (Å²) in [5.74, 6) is 1.77. The van der Waals surface area contributed by atoms with E-state index in [0.29, 0.717) is 6.42 Å². The highest BCUT2D eigenvalue weighted by Gasteiger charge is 2.05. The minimum atomic E-state index is -3.76. The lowest BCUT2D eigenvalue weighted by molar-refractivity contribution is 0.482. The Hall–Kier alpha value is -0.240. The van der Waals surface area contributed by atoms with Crippen LogP contribution in [0.2, 0.25) is 0 Å². The fourth-order valence-corrected chi connectivity index (χ4v) is 4.19. The van der Waals surface area contributed by atoms with E-state index < -0.39 is 10.1 Å². The molecule has 0 saturated carbocycles. The van der Waals surface area contributed by atoms with E-state index in [2.05, 4.69) is 23.6 Å². The fraction of sp³-hybridized carbons (Fsp3) is 0.583. The highest BCUT2D eigenvalue weighted by Crippen LogP contribution is 2.31. The van der Waals surface area contributed by atoms with Gasteiger partial charge in [0.15, 0.2) is 0 Å². The molecule has 7 heteroatoms. The Labute approximate surface area is 123 Å². The van der Waals surface area contributed by atoms with Crippen LogP contribution in [0, 0.1) is 0 Å². The van der Waals surface area contributed by atoms with Crippen molar-refractivity contribution in [2.24, 2.45) is 0 Å². The van der Waals surface area contributed by atoms with E-state index in [9.17, 15) is 8.42 Å². The molecule has 0 radical (unpaired) electrons. The number of unbranched alkanes of at least 4 members (excludes halogenated alkanes) is 1. The summed E-state index contributed by atoms with van der Waals surface area (Å²) in [4.78, 5) is 3.78. The van der Waals surface area contributed by atoms with Crippen molar-refractivity contribution in [2.75, 3.05) is 17.3 Å². The number of nitrogens with zero attached hydrogens (tertiary/aromatic N) is 1.